The van der Waals surface area contributed by atoms with Gasteiger partial charge in [0.1, 0.15) is 11.6 Å². The average molecular weight is 477 g/mol. The second kappa shape index (κ2) is 9.61. The number of benzene rings is 2. The highest BCUT2D eigenvalue weighted by Crippen LogP contribution is 2.25. The van der Waals surface area contributed by atoms with Crippen LogP contribution in [0.1, 0.15) is 12.8 Å². The van der Waals surface area contributed by atoms with Gasteiger partial charge in [-0.25, -0.2) is 9.37 Å². The Bertz CT molecular complexity index is 1290. The number of anilines is 2. The van der Waals surface area contributed by atoms with Gasteiger partial charge in [0.15, 0.2) is 11.6 Å². The number of halogens is 2. The van der Waals surface area contributed by atoms with Crippen LogP contribution in [0.5, 0.6) is 0 Å². The summed E-state index contributed by atoms with van der Waals surface area (Å²) in [6, 6.07) is 17.9. The summed E-state index contributed by atoms with van der Waals surface area (Å²) in [7, 11) is 0. The zero-order valence-electron chi connectivity index (χ0n) is 18.2. The van der Waals surface area contributed by atoms with Crippen LogP contribution in [0, 0.1) is 11.7 Å². The first-order valence-electron chi connectivity index (χ1n) is 11.0. The minimum atomic E-state index is -0.517. The molecule has 1 aliphatic rings. The summed E-state index contributed by atoms with van der Waals surface area (Å²) in [5.74, 6) is 1.31. The molecule has 1 fully saturated rings. The number of aromatic nitrogens is 4. The van der Waals surface area contributed by atoms with E-state index in [0.717, 1.165) is 30.8 Å². The summed E-state index contributed by atoms with van der Waals surface area (Å²) < 4.78 is 15.3. The molecule has 34 heavy (non-hydrogen) atoms. The Morgan fingerprint density at radius 1 is 1.06 bits per heavy atom. The monoisotopic (exact) mass is 476 g/mol. The Kier molecular flexibility index (Phi) is 6.22. The predicted molar refractivity (Wildman–Crippen MR) is 130 cm³/mol. The number of rotatable bonds is 5. The summed E-state index contributed by atoms with van der Waals surface area (Å²) in [5, 5.41) is 11.7. The molecule has 4 aromatic rings. The number of imidazole rings is 1. The maximum Gasteiger partial charge on any atom is 0.229 e. The van der Waals surface area contributed by atoms with Crippen LogP contribution in [0.15, 0.2) is 73.1 Å². The number of nitrogens with one attached hydrogen (secondary N) is 1. The van der Waals surface area contributed by atoms with Crippen LogP contribution in [-0.4, -0.2) is 38.7 Å². The lowest BCUT2D eigenvalue weighted by Crippen LogP contribution is -2.41. The smallest absolute Gasteiger partial charge is 0.229 e. The molecular formula is C25H22ClFN6O. The standard InChI is InChI=1S/C25H22ClFN6O/c26-20-15-19(8-9-21(20)27)29-25(34)18-7-4-13-32(16-18)22-10-11-23(31-30-22)33-14-12-28-24(33)17-5-2-1-3-6-17/h1-3,5-6,8-12,14-15,18H,4,7,13,16H2,(H,29,34). The van der Waals surface area contributed by atoms with E-state index in [0.29, 0.717) is 23.9 Å². The first kappa shape index (κ1) is 22.0. The largest absolute Gasteiger partial charge is 0.354 e. The van der Waals surface area contributed by atoms with Crippen LogP contribution in [0.3, 0.4) is 0 Å². The van der Waals surface area contributed by atoms with Gasteiger partial charge in [-0.1, -0.05) is 41.9 Å². The van der Waals surface area contributed by atoms with Crippen molar-refractivity contribution < 1.29 is 9.18 Å². The molecule has 2 aromatic carbocycles. The Morgan fingerprint density at radius 3 is 2.62 bits per heavy atom. The van der Waals surface area contributed by atoms with Crippen LogP contribution in [-0.2, 0) is 4.79 Å². The zero-order chi connectivity index (χ0) is 23.5. The molecule has 0 spiro atoms. The zero-order valence-corrected chi connectivity index (χ0v) is 19.0. The molecule has 1 amide bonds. The quantitative estimate of drug-likeness (QED) is 0.440. The molecule has 5 rings (SSSR count). The van der Waals surface area contributed by atoms with Crippen molar-refractivity contribution >= 4 is 29.0 Å². The number of carbonyl (C=O) groups is 1. The lowest BCUT2D eigenvalue weighted by Gasteiger charge is -2.32. The minimum absolute atomic E-state index is 0.0215. The van der Waals surface area contributed by atoms with Crippen molar-refractivity contribution in [2.75, 3.05) is 23.3 Å². The van der Waals surface area contributed by atoms with Crippen molar-refractivity contribution in [3.63, 3.8) is 0 Å². The fraction of sp³-hybridized carbons (Fsp3) is 0.200. The lowest BCUT2D eigenvalue weighted by atomic mass is 9.97. The maximum atomic E-state index is 13.4. The van der Waals surface area contributed by atoms with E-state index in [-0.39, 0.29) is 16.8 Å². The highest BCUT2D eigenvalue weighted by molar-refractivity contribution is 6.31. The van der Waals surface area contributed by atoms with Crippen molar-refractivity contribution in [3.05, 3.63) is 83.9 Å². The molecule has 2 aromatic heterocycles. The van der Waals surface area contributed by atoms with Crippen LogP contribution in [0.4, 0.5) is 15.9 Å². The molecule has 1 atom stereocenters. The molecule has 172 valence electrons. The third kappa shape index (κ3) is 4.63. The Morgan fingerprint density at radius 2 is 1.85 bits per heavy atom. The molecule has 7 nitrogen and oxygen atoms in total. The molecule has 9 heteroatoms. The van der Waals surface area contributed by atoms with Gasteiger partial charge in [-0.05, 0) is 43.2 Å². The van der Waals surface area contributed by atoms with Gasteiger partial charge in [-0.3, -0.25) is 9.36 Å². The van der Waals surface area contributed by atoms with Crippen LogP contribution in [0.25, 0.3) is 17.2 Å². The Balaban J connectivity index is 1.28. The lowest BCUT2D eigenvalue weighted by molar-refractivity contribution is -0.120. The SMILES string of the molecule is O=C(Nc1ccc(F)c(Cl)c1)C1CCCN(c2ccc(-n3ccnc3-c3ccccc3)nn2)C1. The Hall–Kier alpha value is -3.78. The van der Waals surface area contributed by atoms with Crippen molar-refractivity contribution in [2.24, 2.45) is 5.92 Å². The van der Waals surface area contributed by atoms with Gasteiger partial charge in [-0.2, -0.15) is 0 Å². The summed E-state index contributed by atoms with van der Waals surface area (Å²) in [4.78, 5) is 19.3. The number of piperidine rings is 1. The van der Waals surface area contributed by atoms with E-state index >= 15 is 0 Å². The summed E-state index contributed by atoms with van der Waals surface area (Å²) in [6.45, 7) is 1.32. The molecule has 1 aliphatic heterocycles. The predicted octanol–water partition coefficient (Wildman–Crippen LogP) is 4.98. The number of hydrogen-bond donors (Lipinski definition) is 1. The van der Waals surface area contributed by atoms with Crippen LogP contribution in [0.2, 0.25) is 5.02 Å². The fourth-order valence-electron chi connectivity index (χ4n) is 4.12. The van der Waals surface area contributed by atoms with Gasteiger partial charge in [-0.15, -0.1) is 10.2 Å². The van der Waals surface area contributed by atoms with E-state index in [1.54, 1.807) is 6.20 Å². The highest BCUT2D eigenvalue weighted by Gasteiger charge is 2.27. The molecule has 1 saturated heterocycles. The molecule has 1 N–H and O–H groups in total. The van der Waals surface area contributed by atoms with E-state index in [1.165, 1.54) is 18.2 Å². The van der Waals surface area contributed by atoms with E-state index in [2.05, 4.69) is 25.4 Å². The minimum Gasteiger partial charge on any atom is -0.354 e. The van der Waals surface area contributed by atoms with E-state index in [4.69, 9.17) is 11.6 Å². The van der Waals surface area contributed by atoms with Gasteiger partial charge < -0.3 is 10.2 Å². The van der Waals surface area contributed by atoms with Gasteiger partial charge in [0.05, 0.1) is 10.9 Å². The normalized spacial score (nSPS) is 15.8. The van der Waals surface area contributed by atoms with Crippen molar-refractivity contribution in [1.82, 2.24) is 19.7 Å². The number of hydrogen-bond acceptors (Lipinski definition) is 5. The van der Waals surface area contributed by atoms with Gasteiger partial charge >= 0.3 is 0 Å². The summed E-state index contributed by atoms with van der Waals surface area (Å²) >= 11 is 5.83. The van der Waals surface area contributed by atoms with Gasteiger partial charge in [0, 0.05) is 36.7 Å². The van der Waals surface area contributed by atoms with Gasteiger partial charge in [0.25, 0.3) is 0 Å². The van der Waals surface area contributed by atoms with Crippen molar-refractivity contribution in [3.8, 4) is 17.2 Å². The van der Waals surface area contributed by atoms with E-state index < -0.39 is 5.82 Å². The molecule has 0 bridgehead atoms. The highest BCUT2D eigenvalue weighted by atomic mass is 35.5. The maximum absolute atomic E-state index is 13.4. The van der Waals surface area contributed by atoms with Crippen molar-refractivity contribution in [1.29, 1.82) is 0 Å². The average Bonchev–Trinajstić information content (AvgIpc) is 3.37. The third-order valence-electron chi connectivity index (χ3n) is 5.86. The molecule has 0 aliphatic carbocycles. The third-order valence-corrected chi connectivity index (χ3v) is 6.15. The first-order chi connectivity index (χ1) is 16.6. The number of carbonyl (C=O) groups excluding carboxylic acids is 1. The Labute approximate surface area is 201 Å². The van der Waals surface area contributed by atoms with Crippen molar-refractivity contribution in [2.45, 2.75) is 12.8 Å². The number of nitrogens with zero attached hydrogens (tertiary/aromatic N) is 5. The number of amides is 1. The first-order valence-corrected chi connectivity index (χ1v) is 11.4. The molecule has 0 saturated carbocycles. The summed E-state index contributed by atoms with van der Waals surface area (Å²) in [6.07, 6.45) is 5.21. The molecule has 3 heterocycles. The summed E-state index contributed by atoms with van der Waals surface area (Å²) in [5.41, 5.74) is 1.47. The second-order valence-electron chi connectivity index (χ2n) is 8.14. The van der Waals surface area contributed by atoms with E-state index in [9.17, 15) is 9.18 Å². The second-order valence-corrected chi connectivity index (χ2v) is 8.55. The van der Waals surface area contributed by atoms with Crippen LogP contribution >= 0.6 is 11.6 Å². The van der Waals surface area contributed by atoms with Crippen LogP contribution < -0.4 is 10.2 Å². The van der Waals surface area contributed by atoms with Gasteiger partial charge in [0.2, 0.25) is 5.91 Å². The van der Waals surface area contributed by atoms with E-state index in [1.807, 2.05) is 53.2 Å². The topological polar surface area (TPSA) is 75.9 Å². The molecule has 0 radical (unpaired) electrons. The fourth-order valence-corrected chi connectivity index (χ4v) is 4.30. The molecule has 1 unspecified atom stereocenters. The molecular weight excluding hydrogens is 455 g/mol.